The van der Waals surface area contributed by atoms with Gasteiger partial charge < -0.3 is 15.0 Å². The molecular weight excluding hydrogens is 351 g/mol. The van der Waals surface area contributed by atoms with E-state index in [0.29, 0.717) is 15.6 Å². The zero-order valence-corrected chi connectivity index (χ0v) is 14.0. The topological polar surface area (TPSA) is 41.6 Å². The van der Waals surface area contributed by atoms with Gasteiger partial charge in [-0.3, -0.25) is 4.79 Å². The average molecular weight is 371 g/mol. The third-order valence-corrected chi connectivity index (χ3v) is 5.37. The Bertz CT molecular complexity index is 551. The van der Waals surface area contributed by atoms with Crippen molar-refractivity contribution in [1.82, 2.24) is 10.2 Å². The van der Waals surface area contributed by atoms with E-state index in [9.17, 15) is 9.18 Å². The molecule has 0 atom stereocenters. The molecule has 3 rings (SSSR count). The Morgan fingerprint density at radius 1 is 1.36 bits per heavy atom. The van der Waals surface area contributed by atoms with Crippen LogP contribution in [-0.2, 0) is 4.79 Å². The summed E-state index contributed by atoms with van der Waals surface area (Å²) in [4.78, 5) is 14.1. The summed E-state index contributed by atoms with van der Waals surface area (Å²) in [5, 5.41) is 3.42. The number of hydrogen-bond acceptors (Lipinski definition) is 3. The summed E-state index contributed by atoms with van der Waals surface area (Å²) in [6, 6.07) is 4.18. The maximum absolute atomic E-state index is 13.0. The first-order chi connectivity index (χ1) is 10.6. The minimum absolute atomic E-state index is 0.00275. The maximum Gasteiger partial charge on any atom is 0.260 e. The van der Waals surface area contributed by atoms with Crippen LogP contribution < -0.4 is 10.1 Å². The zero-order valence-electron chi connectivity index (χ0n) is 12.4. The summed E-state index contributed by atoms with van der Waals surface area (Å²) in [5.41, 5.74) is 0.400. The first kappa shape index (κ1) is 15.7. The lowest BCUT2D eigenvalue weighted by atomic mass is 9.78. The van der Waals surface area contributed by atoms with Gasteiger partial charge in [-0.1, -0.05) is 0 Å². The van der Waals surface area contributed by atoms with Crippen molar-refractivity contribution >= 4 is 21.8 Å². The van der Waals surface area contributed by atoms with Crippen molar-refractivity contribution in [2.45, 2.75) is 19.3 Å². The van der Waals surface area contributed by atoms with E-state index in [2.05, 4.69) is 21.2 Å². The monoisotopic (exact) mass is 370 g/mol. The Morgan fingerprint density at radius 2 is 2.14 bits per heavy atom. The molecule has 2 aliphatic heterocycles. The number of likely N-dealkylation sites (tertiary alicyclic amines) is 1. The van der Waals surface area contributed by atoms with Crippen molar-refractivity contribution < 1.29 is 13.9 Å². The van der Waals surface area contributed by atoms with E-state index >= 15 is 0 Å². The number of rotatable bonds is 3. The van der Waals surface area contributed by atoms with Crippen LogP contribution in [-0.4, -0.2) is 43.6 Å². The third-order valence-electron chi connectivity index (χ3n) is 4.75. The van der Waals surface area contributed by atoms with Crippen molar-refractivity contribution in [3.8, 4) is 5.75 Å². The van der Waals surface area contributed by atoms with E-state index in [1.807, 2.05) is 4.90 Å². The fraction of sp³-hybridized carbons (Fsp3) is 0.562. The molecule has 1 aromatic carbocycles. The summed E-state index contributed by atoms with van der Waals surface area (Å²) in [5.74, 6) is 0.150. The summed E-state index contributed by atoms with van der Waals surface area (Å²) in [6.07, 6.45) is 3.34. The van der Waals surface area contributed by atoms with E-state index in [4.69, 9.17) is 4.74 Å². The Kier molecular flexibility index (Phi) is 4.68. The van der Waals surface area contributed by atoms with E-state index in [1.54, 1.807) is 0 Å². The molecule has 0 unspecified atom stereocenters. The number of ether oxygens (including phenoxy) is 1. The largest absolute Gasteiger partial charge is 0.483 e. The lowest BCUT2D eigenvalue weighted by Crippen LogP contribution is -2.45. The fourth-order valence-corrected chi connectivity index (χ4v) is 3.74. The molecule has 2 fully saturated rings. The van der Waals surface area contributed by atoms with E-state index in [1.165, 1.54) is 24.6 Å². The van der Waals surface area contributed by atoms with Gasteiger partial charge in [-0.05, 0) is 65.4 Å². The molecule has 120 valence electrons. The Labute approximate surface area is 138 Å². The molecule has 0 bridgehead atoms. The average Bonchev–Trinajstić information content (AvgIpc) is 2.95. The van der Waals surface area contributed by atoms with E-state index < -0.39 is 0 Å². The van der Waals surface area contributed by atoms with Gasteiger partial charge in [-0.25, -0.2) is 4.39 Å². The lowest BCUT2D eigenvalue weighted by molar-refractivity contribution is -0.135. The molecule has 2 aliphatic rings. The first-order valence-corrected chi connectivity index (χ1v) is 8.44. The summed E-state index contributed by atoms with van der Waals surface area (Å²) in [6.45, 7) is 3.77. The third kappa shape index (κ3) is 3.43. The van der Waals surface area contributed by atoms with Crippen molar-refractivity contribution in [2.24, 2.45) is 5.41 Å². The number of benzene rings is 1. The molecular formula is C16H20BrFN2O2. The van der Waals surface area contributed by atoms with Gasteiger partial charge in [0.15, 0.2) is 6.61 Å². The van der Waals surface area contributed by atoms with E-state index in [-0.39, 0.29) is 18.3 Å². The highest BCUT2D eigenvalue weighted by Crippen LogP contribution is 2.36. The summed E-state index contributed by atoms with van der Waals surface area (Å²) >= 11 is 3.24. The van der Waals surface area contributed by atoms with Gasteiger partial charge in [0, 0.05) is 19.6 Å². The molecule has 0 aromatic heterocycles. The molecule has 4 nitrogen and oxygen atoms in total. The Balaban J connectivity index is 1.50. The van der Waals surface area contributed by atoms with Crippen LogP contribution in [0.15, 0.2) is 22.7 Å². The van der Waals surface area contributed by atoms with Crippen LogP contribution in [0.5, 0.6) is 5.75 Å². The molecule has 1 aromatic rings. The van der Waals surface area contributed by atoms with Crippen molar-refractivity contribution in [1.29, 1.82) is 0 Å². The lowest BCUT2D eigenvalue weighted by Gasteiger charge is -2.38. The minimum Gasteiger partial charge on any atom is -0.483 e. The van der Waals surface area contributed by atoms with Crippen molar-refractivity contribution in [2.75, 3.05) is 32.8 Å². The molecule has 6 heteroatoms. The number of carbonyl (C=O) groups is 1. The molecule has 2 saturated heterocycles. The van der Waals surface area contributed by atoms with Gasteiger partial charge in [-0.2, -0.15) is 0 Å². The number of amides is 1. The predicted molar refractivity (Wildman–Crippen MR) is 85.3 cm³/mol. The summed E-state index contributed by atoms with van der Waals surface area (Å²) < 4.78 is 19.0. The predicted octanol–water partition coefficient (Wildman–Crippen LogP) is 2.57. The molecule has 1 N–H and O–H groups in total. The smallest absolute Gasteiger partial charge is 0.260 e. The quantitative estimate of drug-likeness (QED) is 0.888. The molecule has 0 radical (unpaired) electrons. The maximum atomic E-state index is 13.0. The van der Waals surface area contributed by atoms with Crippen LogP contribution in [0.3, 0.4) is 0 Å². The second-order valence-corrected chi connectivity index (χ2v) is 7.03. The highest BCUT2D eigenvalue weighted by atomic mass is 79.9. The van der Waals surface area contributed by atoms with Crippen LogP contribution in [0.2, 0.25) is 0 Å². The second-order valence-electron chi connectivity index (χ2n) is 6.17. The minimum atomic E-state index is -0.336. The Morgan fingerprint density at radius 3 is 2.77 bits per heavy atom. The zero-order chi connectivity index (χ0) is 15.6. The second kappa shape index (κ2) is 6.54. The SMILES string of the molecule is O=C(COc1ccc(F)cc1Br)N1CCC2(CCNC2)CC1. The molecule has 0 aliphatic carbocycles. The van der Waals surface area contributed by atoms with Crippen molar-refractivity contribution in [3.05, 3.63) is 28.5 Å². The van der Waals surface area contributed by atoms with Crippen LogP contribution >= 0.6 is 15.9 Å². The summed E-state index contributed by atoms with van der Waals surface area (Å²) in [7, 11) is 0. The van der Waals surface area contributed by atoms with Gasteiger partial charge in [0.25, 0.3) is 5.91 Å². The van der Waals surface area contributed by atoms with Crippen LogP contribution in [0.25, 0.3) is 0 Å². The van der Waals surface area contributed by atoms with E-state index in [0.717, 1.165) is 39.0 Å². The number of piperidine rings is 1. The number of carbonyl (C=O) groups excluding carboxylic acids is 1. The fourth-order valence-electron chi connectivity index (χ4n) is 3.28. The molecule has 1 amide bonds. The van der Waals surface area contributed by atoms with Gasteiger partial charge in [0.2, 0.25) is 0 Å². The first-order valence-electron chi connectivity index (χ1n) is 7.64. The van der Waals surface area contributed by atoms with Crippen LogP contribution in [0.4, 0.5) is 4.39 Å². The molecule has 0 saturated carbocycles. The Hall–Kier alpha value is -1.14. The van der Waals surface area contributed by atoms with Crippen LogP contribution in [0.1, 0.15) is 19.3 Å². The number of hydrogen-bond donors (Lipinski definition) is 1. The standard InChI is InChI=1S/C16H20BrFN2O2/c17-13-9-12(18)1-2-14(13)22-10-15(21)20-7-4-16(5-8-20)3-6-19-11-16/h1-2,9,19H,3-8,10-11H2. The molecule has 22 heavy (non-hydrogen) atoms. The van der Waals surface area contributed by atoms with Gasteiger partial charge in [-0.15, -0.1) is 0 Å². The molecule has 2 heterocycles. The number of nitrogens with one attached hydrogen (secondary N) is 1. The van der Waals surface area contributed by atoms with Gasteiger partial charge >= 0.3 is 0 Å². The normalized spacial score (nSPS) is 20.4. The van der Waals surface area contributed by atoms with Gasteiger partial charge in [0.1, 0.15) is 11.6 Å². The highest BCUT2D eigenvalue weighted by molar-refractivity contribution is 9.10. The van der Waals surface area contributed by atoms with Gasteiger partial charge in [0.05, 0.1) is 4.47 Å². The van der Waals surface area contributed by atoms with Crippen molar-refractivity contribution in [3.63, 3.8) is 0 Å². The molecule has 1 spiro atoms. The number of nitrogens with zero attached hydrogens (tertiary/aromatic N) is 1. The highest BCUT2D eigenvalue weighted by Gasteiger charge is 2.38. The van der Waals surface area contributed by atoms with Crippen LogP contribution in [0, 0.1) is 11.2 Å². The number of halogens is 2.